The predicted molar refractivity (Wildman–Crippen MR) is 97.1 cm³/mol. The summed E-state index contributed by atoms with van der Waals surface area (Å²) in [6.45, 7) is 1.57. The van der Waals surface area contributed by atoms with Crippen molar-refractivity contribution in [2.45, 2.75) is 12.5 Å². The second-order valence-electron chi connectivity index (χ2n) is 5.92. The summed E-state index contributed by atoms with van der Waals surface area (Å²) in [6, 6.07) is 5.64. The highest BCUT2D eigenvalue weighted by atomic mass is 16.2. The van der Waals surface area contributed by atoms with Crippen LogP contribution in [0.25, 0.3) is 11.1 Å². The highest BCUT2D eigenvalue weighted by Crippen LogP contribution is 2.20. The first kappa shape index (κ1) is 16.9. The smallest absolute Gasteiger partial charge is 0.271 e. The molecule has 2 aromatic heterocycles. The molecule has 7 nitrogen and oxygen atoms in total. The zero-order chi connectivity index (χ0) is 17.6. The van der Waals surface area contributed by atoms with E-state index in [9.17, 15) is 9.59 Å². The lowest BCUT2D eigenvalue weighted by Crippen LogP contribution is -2.31. The first-order chi connectivity index (χ1) is 12.2. The molecule has 25 heavy (non-hydrogen) atoms. The summed E-state index contributed by atoms with van der Waals surface area (Å²) >= 11 is 0. The van der Waals surface area contributed by atoms with Gasteiger partial charge < -0.3 is 20.9 Å². The summed E-state index contributed by atoms with van der Waals surface area (Å²) in [5, 5.41) is 3.26. The van der Waals surface area contributed by atoms with Crippen LogP contribution in [-0.2, 0) is 4.79 Å². The number of anilines is 1. The third-order valence-electron chi connectivity index (χ3n) is 4.17. The van der Waals surface area contributed by atoms with E-state index in [1.807, 2.05) is 18.2 Å². The van der Waals surface area contributed by atoms with Gasteiger partial charge in [0.2, 0.25) is 5.91 Å². The molecule has 0 spiro atoms. The second-order valence-corrected chi connectivity index (χ2v) is 5.92. The molecule has 3 heterocycles. The number of nitrogens with zero attached hydrogens (tertiary/aromatic N) is 2. The van der Waals surface area contributed by atoms with Crippen molar-refractivity contribution in [3.05, 3.63) is 59.3 Å². The number of nitrogens with one attached hydrogen (secondary N) is 2. The van der Waals surface area contributed by atoms with Crippen LogP contribution >= 0.6 is 0 Å². The number of hydrogen-bond donors (Lipinski definition) is 3. The van der Waals surface area contributed by atoms with Gasteiger partial charge in [0.15, 0.2) is 0 Å². The number of aromatic nitrogens is 2. The van der Waals surface area contributed by atoms with Crippen LogP contribution < -0.4 is 16.6 Å². The van der Waals surface area contributed by atoms with Gasteiger partial charge in [-0.25, -0.2) is 0 Å². The van der Waals surface area contributed by atoms with Crippen LogP contribution in [0, 0.1) is 0 Å². The van der Waals surface area contributed by atoms with Crippen LogP contribution in [0.1, 0.15) is 6.42 Å². The average molecular weight is 339 g/mol. The van der Waals surface area contributed by atoms with Gasteiger partial charge in [0.25, 0.3) is 5.56 Å². The van der Waals surface area contributed by atoms with Crippen molar-refractivity contribution in [2.24, 2.45) is 5.73 Å². The van der Waals surface area contributed by atoms with Crippen molar-refractivity contribution in [3.63, 3.8) is 0 Å². The SMILES string of the molecule is NC/C=C/C(=O)N1CC[C@@H](Nc2cc(-c3ccncc3)c[nH]c2=O)C1. The van der Waals surface area contributed by atoms with E-state index in [-0.39, 0.29) is 17.5 Å². The van der Waals surface area contributed by atoms with Gasteiger partial charge in [-0.05, 0) is 30.2 Å². The third-order valence-corrected chi connectivity index (χ3v) is 4.17. The Morgan fingerprint density at radius 2 is 2.20 bits per heavy atom. The van der Waals surface area contributed by atoms with E-state index >= 15 is 0 Å². The molecule has 0 aromatic carbocycles. The summed E-state index contributed by atoms with van der Waals surface area (Å²) in [7, 11) is 0. The number of H-pyrrole nitrogens is 1. The molecule has 0 radical (unpaired) electrons. The molecule has 0 bridgehead atoms. The maximum atomic E-state index is 12.1. The van der Waals surface area contributed by atoms with Crippen molar-refractivity contribution >= 4 is 11.6 Å². The minimum atomic E-state index is -0.175. The number of rotatable bonds is 5. The molecule has 1 aliphatic rings. The predicted octanol–water partition coefficient (Wildman–Crippen LogP) is 0.965. The Morgan fingerprint density at radius 3 is 2.96 bits per heavy atom. The standard InChI is InChI=1S/C18H21N5O2/c19-6-1-2-17(24)23-9-5-15(12-23)22-16-10-14(11-21-18(16)25)13-3-7-20-8-4-13/h1-4,7-8,10-11,15,22H,5-6,9,12,19H2,(H,21,25)/b2-1+/t15-/m1/s1. The number of aromatic amines is 1. The fourth-order valence-electron chi connectivity index (χ4n) is 2.87. The molecule has 1 amide bonds. The Morgan fingerprint density at radius 1 is 1.40 bits per heavy atom. The fourth-order valence-corrected chi connectivity index (χ4v) is 2.87. The Kier molecular flexibility index (Phi) is 5.25. The highest BCUT2D eigenvalue weighted by Gasteiger charge is 2.25. The van der Waals surface area contributed by atoms with Gasteiger partial charge in [-0.3, -0.25) is 14.6 Å². The van der Waals surface area contributed by atoms with E-state index in [0.29, 0.717) is 25.3 Å². The average Bonchev–Trinajstić information content (AvgIpc) is 3.11. The monoisotopic (exact) mass is 339 g/mol. The topological polar surface area (TPSA) is 104 Å². The van der Waals surface area contributed by atoms with Crippen LogP contribution in [0.3, 0.4) is 0 Å². The largest absolute Gasteiger partial charge is 0.376 e. The minimum Gasteiger partial charge on any atom is -0.376 e. The van der Waals surface area contributed by atoms with Gasteiger partial charge in [-0.1, -0.05) is 6.08 Å². The summed E-state index contributed by atoms with van der Waals surface area (Å²) in [6.07, 6.45) is 9.04. The summed E-state index contributed by atoms with van der Waals surface area (Å²) in [5.41, 5.74) is 7.58. The zero-order valence-corrected chi connectivity index (χ0v) is 13.8. The van der Waals surface area contributed by atoms with E-state index in [1.165, 1.54) is 6.08 Å². The number of pyridine rings is 2. The van der Waals surface area contributed by atoms with Crippen molar-refractivity contribution < 1.29 is 4.79 Å². The van der Waals surface area contributed by atoms with Gasteiger partial charge in [0.05, 0.1) is 0 Å². The van der Waals surface area contributed by atoms with Gasteiger partial charge in [0, 0.05) is 55.9 Å². The maximum absolute atomic E-state index is 12.1. The van der Waals surface area contributed by atoms with Gasteiger partial charge in [0.1, 0.15) is 5.69 Å². The van der Waals surface area contributed by atoms with Crippen LogP contribution in [0.15, 0.2) is 53.7 Å². The van der Waals surface area contributed by atoms with Crippen molar-refractivity contribution in [1.29, 1.82) is 0 Å². The number of nitrogens with two attached hydrogens (primary N) is 1. The van der Waals surface area contributed by atoms with Crippen LogP contribution in [-0.4, -0.2) is 46.5 Å². The highest BCUT2D eigenvalue weighted by molar-refractivity contribution is 5.87. The lowest BCUT2D eigenvalue weighted by atomic mass is 10.1. The van der Waals surface area contributed by atoms with Gasteiger partial charge >= 0.3 is 0 Å². The van der Waals surface area contributed by atoms with Crippen molar-refractivity contribution in [2.75, 3.05) is 25.0 Å². The molecule has 3 rings (SSSR count). The van der Waals surface area contributed by atoms with E-state index in [4.69, 9.17) is 5.73 Å². The fraction of sp³-hybridized carbons (Fsp3) is 0.278. The summed E-state index contributed by atoms with van der Waals surface area (Å²) in [4.78, 5) is 32.6. The molecule has 4 N–H and O–H groups in total. The van der Waals surface area contributed by atoms with Crippen molar-refractivity contribution in [3.8, 4) is 11.1 Å². The lowest BCUT2D eigenvalue weighted by Gasteiger charge is -2.16. The summed E-state index contributed by atoms with van der Waals surface area (Å²) < 4.78 is 0. The van der Waals surface area contributed by atoms with Crippen molar-refractivity contribution in [1.82, 2.24) is 14.9 Å². The molecule has 130 valence electrons. The number of carbonyl (C=O) groups excluding carboxylic acids is 1. The molecule has 1 fully saturated rings. The van der Waals surface area contributed by atoms with E-state index in [0.717, 1.165) is 17.5 Å². The van der Waals surface area contributed by atoms with Crippen LogP contribution in [0.5, 0.6) is 0 Å². The molecule has 1 saturated heterocycles. The Labute approximate surface area is 145 Å². The molecule has 1 atom stereocenters. The van der Waals surface area contributed by atoms with Crippen LogP contribution in [0.2, 0.25) is 0 Å². The van der Waals surface area contributed by atoms with E-state index < -0.39 is 0 Å². The Bertz CT molecular complexity index is 816. The number of likely N-dealkylation sites (tertiary alicyclic amines) is 1. The molecule has 1 aliphatic heterocycles. The van der Waals surface area contributed by atoms with Gasteiger partial charge in [-0.2, -0.15) is 0 Å². The third kappa shape index (κ3) is 4.13. The second kappa shape index (κ2) is 7.76. The van der Waals surface area contributed by atoms with Crippen LogP contribution in [0.4, 0.5) is 5.69 Å². The molecule has 0 aliphatic carbocycles. The quantitative estimate of drug-likeness (QED) is 0.704. The Hall–Kier alpha value is -2.93. The number of hydrogen-bond acceptors (Lipinski definition) is 5. The molecular formula is C18H21N5O2. The lowest BCUT2D eigenvalue weighted by molar-refractivity contribution is -0.125. The van der Waals surface area contributed by atoms with E-state index in [2.05, 4.69) is 15.3 Å². The first-order valence-corrected chi connectivity index (χ1v) is 8.22. The van der Waals surface area contributed by atoms with Gasteiger partial charge in [-0.15, -0.1) is 0 Å². The minimum absolute atomic E-state index is 0.0454. The summed E-state index contributed by atoms with van der Waals surface area (Å²) in [5.74, 6) is -0.0470. The Balaban J connectivity index is 1.70. The molecular weight excluding hydrogens is 318 g/mol. The molecule has 0 unspecified atom stereocenters. The molecule has 2 aromatic rings. The molecule has 7 heteroatoms. The maximum Gasteiger partial charge on any atom is 0.271 e. The molecule has 0 saturated carbocycles. The normalized spacial score (nSPS) is 17.2. The first-order valence-electron chi connectivity index (χ1n) is 8.22. The van der Waals surface area contributed by atoms with E-state index in [1.54, 1.807) is 29.6 Å². The number of amides is 1. The zero-order valence-electron chi connectivity index (χ0n) is 13.8. The number of carbonyl (C=O) groups is 1.